The molecule has 2 heterocycles. The van der Waals surface area contributed by atoms with Crippen LogP contribution < -0.4 is 9.47 Å². The number of carbonyl (C=O) groups is 1. The number of thioether (sulfide) groups is 1. The number of hydrogen-bond acceptors (Lipinski definition) is 3. The largest absolute Gasteiger partial charge is 0.477 e. The fraction of sp³-hybridized carbons (Fsp3) is 0.100. The zero-order valence-corrected chi connectivity index (χ0v) is 14.5. The van der Waals surface area contributed by atoms with Gasteiger partial charge in [-0.2, -0.15) is 4.57 Å². The molecule has 4 rings (SSSR count). The molecule has 2 aromatic carbocycles. The molecular weight excluding hydrogens is 332 g/mol. The molecule has 1 N–H and O–H groups in total. The number of benzene rings is 2. The van der Waals surface area contributed by atoms with E-state index in [9.17, 15) is 4.79 Å². The molecule has 0 bridgehead atoms. The second kappa shape index (κ2) is 6.26. The van der Waals surface area contributed by atoms with E-state index >= 15 is 0 Å². The predicted octanol–water partition coefficient (Wildman–Crippen LogP) is 3.75. The Labute approximate surface area is 150 Å². The van der Waals surface area contributed by atoms with Crippen LogP contribution >= 0.6 is 11.8 Å². The van der Waals surface area contributed by atoms with Crippen molar-refractivity contribution in [2.75, 3.05) is 11.9 Å². The Balaban J connectivity index is 1.80. The maximum Gasteiger partial charge on any atom is 0.370 e. The number of anilines is 1. The van der Waals surface area contributed by atoms with Crippen molar-refractivity contribution in [1.29, 1.82) is 0 Å². The van der Waals surface area contributed by atoms with E-state index in [1.54, 1.807) is 16.3 Å². The lowest BCUT2D eigenvalue weighted by molar-refractivity contribution is -0.660. The van der Waals surface area contributed by atoms with E-state index in [1.807, 2.05) is 42.6 Å². The maximum absolute atomic E-state index is 11.1. The van der Waals surface area contributed by atoms with E-state index in [0.717, 1.165) is 21.5 Å². The molecule has 0 unspecified atom stereocenters. The van der Waals surface area contributed by atoms with Gasteiger partial charge in [-0.15, -0.1) is 0 Å². The minimum atomic E-state index is -0.845. The lowest BCUT2D eigenvalue weighted by Crippen LogP contribution is -2.38. The van der Waals surface area contributed by atoms with Gasteiger partial charge in [0.05, 0.1) is 16.1 Å². The first-order chi connectivity index (χ1) is 12.1. The minimum Gasteiger partial charge on any atom is -0.477 e. The van der Waals surface area contributed by atoms with Gasteiger partial charge in [-0.05, 0) is 29.8 Å². The Morgan fingerprint density at radius 1 is 1.16 bits per heavy atom. The Kier molecular flexibility index (Phi) is 3.93. The van der Waals surface area contributed by atoms with Crippen LogP contribution in [0.15, 0.2) is 70.7 Å². The van der Waals surface area contributed by atoms with Crippen LogP contribution in [0.5, 0.6) is 0 Å². The third-order valence-electron chi connectivity index (χ3n) is 4.31. The van der Waals surface area contributed by atoms with Crippen LogP contribution in [0.4, 0.5) is 5.69 Å². The first-order valence-electron chi connectivity index (χ1n) is 7.99. The van der Waals surface area contributed by atoms with Crippen LogP contribution in [0.3, 0.4) is 0 Å². The number of rotatable bonds is 3. The summed E-state index contributed by atoms with van der Waals surface area (Å²) in [5.74, 6) is -0.845. The topological polar surface area (TPSA) is 44.4 Å². The summed E-state index contributed by atoms with van der Waals surface area (Å²) in [7, 11) is 2.07. The third kappa shape index (κ3) is 2.87. The molecule has 1 aliphatic heterocycles. The molecule has 5 heteroatoms. The third-order valence-corrected chi connectivity index (χ3v) is 5.48. The average Bonchev–Trinajstić information content (AvgIpc) is 2.93. The van der Waals surface area contributed by atoms with Gasteiger partial charge >= 0.3 is 5.97 Å². The molecular formula is C20H17N2O2S+. The molecule has 0 atom stereocenters. The summed E-state index contributed by atoms with van der Waals surface area (Å²) in [6, 6.07) is 18.2. The van der Waals surface area contributed by atoms with Crippen LogP contribution in [0.2, 0.25) is 0 Å². The summed E-state index contributed by atoms with van der Waals surface area (Å²) in [5, 5.41) is 11.3. The molecule has 124 valence electrons. The van der Waals surface area contributed by atoms with E-state index < -0.39 is 5.97 Å². The number of aromatic nitrogens is 1. The predicted molar refractivity (Wildman–Crippen MR) is 100 cm³/mol. The van der Waals surface area contributed by atoms with Gasteiger partial charge < -0.3 is 10.0 Å². The quantitative estimate of drug-likeness (QED) is 0.732. The Morgan fingerprint density at radius 3 is 2.72 bits per heavy atom. The number of para-hydroxylation sites is 2. The Morgan fingerprint density at radius 2 is 1.92 bits per heavy atom. The molecule has 0 aliphatic carbocycles. The monoisotopic (exact) mass is 349 g/mol. The molecule has 3 aromatic rings. The van der Waals surface area contributed by atoms with Crippen molar-refractivity contribution in [3.63, 3.8) is 0 Å². The highest BCUT2D eigenvalue weighted by atomic mass is 32.2. The molecule has 25 heavy (non-hydrogen) atoms. The van der Waals surface area contributed by atoms with E-state index in [4.69, 9.17) is 5.11 Å². The van der Waals surface area contributed by atoms with Crippen LogP contribution in [0.1, 0.15) is 5.56 Å². The molecule has 0 radical (unpaired) electrons. The number of pyridine rings is 1. The van der Waals surface area contributed by atoms with Crippen LogP contribution in [0.25, 0.3) is 17.0 Å². The van der Waals surface area contributed by atoms with Crippen molar-refractivity contribution >= 4 is 40.4 Å². The van der Waals surface area contributed by atoms with E-state index in [0.29, 0.717) is 0 Å². The number of hydrogen-bond donors (Lipinski definition) is 1. The summed E-state index contributed by atoms with van der Waals surface area (Å²) in [6.45, 7) is -0.0442. The normalized spacial score (nSPS) is 14.9. The fourth-order valence-electron chi connectivity index (χ4n) is 3.10. The number of nitrogens with zero attached hydrogens (tertiary/aromatic N) is 2. The van der Waals surface area contributed by atoms with Gasteiger partial charge in [0.2, 0.25) is 12.1 Å². The second-order valence-corrected chi connectivity index (χ2v) is 6.98. The highest BCUT2D eigenvalue weighted by Gasteiger charge is 2.22. The van der Waals surface area contributed by atoms with Gasteiger partial charge in [-0.3, -0.25) is 0 Å². The number of carboxylic acid groups (broad SMARTS) is 1. The van der Waals surface area contributed by atoms with E-state index in [1.165, 1.54) is 10.6 Å². The Bertz CT molecular complexity index is 1010. The number of fused-ring (bicyclic) bond motifs is 2. The van der Waals surface area contributed by atoms with Crippen molar-refractivity contribution < 1.29 is 14.5 Å². The van der Waals surface area contributed by atoms with E-state index in [-0.39, 0.29) is 6.54 Å². The SMILES string of the molecule is CN1/C(=C/c2cc[n+](CC(=O)O)c3ccccc23)Sc2ccccc21. The van der Waals surface area contributed by atoms with Crippen molar-refractivity contribution in [2.24, 2.45) is 0 Å². The summed E-state index contributed by atoms with van der Waals surface area (Å²) in [5.41, 5.74) is 3.21. The van der Waals surface area contributed by atoms with Crippen molar-refractivity contribution in [3.05, 3.63) is 71.4 Å². The molecule has 0 saturated carbocycles. The molecule has 0 fully saturated rings. The summed E-state index contributed by atoms with van der Waals surface area (Å²) in [4.78, 5) is 14.5. The molecule has 0 amide bonds. The van der Waals surface area contributed by atoms with Gasteiger partial charge in [-0.1, -0.05) is 36.0 Å². The second-order valence-electron chi connectivity index (χ2n) is 5.92. The highest BCUT2D eigenvalue weighted by Crippen LogP contribution is 2.45. The zero-order chi connectivity index (χ0) is 17.4. The number of carboxylic acids is 1. The molecule has 1 aliphatic rings. The lowest BCUT2D eigenvalue weighted by atomic mass is 10.1. The van der Waals surface area contributed by atoms with Gasteiger partial charge in [-0.25, -0.2) is 4.79 Å². The summed E-state index contributed by atoms with van der Waals surface area (Å²) < 4.78 is 1.76. The van der Waals surface area contributed by atoms with Crippen LogP contribution in [-0.4, -0.2) is 18.1 Å². The Hall–Kier alpha value is -2.79. The molecule has 0 spiro atoms. The van der Waals surface area contributed by atoms with Crippen LogP contribution in [-0.2, 0) is 11.3 Å². The summed E-state index contributed by atoms with van der Waals surface area (Å²) >= 11 is 1.75. The summed E-state index contributed by atoms with van der Waals surface area (Å²) in [6.07, 6.45) is 4.01. The van der Waals surface area contributed by atoms with Crippen molar-refractivity contribution in [2.45, 2.75) is 11.4 Å². The number of aliphatic carboxylic acids is 1. The molecule has 4 nitrogen and oxygen atoms in total. The zero-order valence-electron chi connectivity index (χ0n) is 13.7. The maximum atomic E-state index is 11.1. The smallest absolute Gasteiger partial charge is 0.370 e. The van der Waals surface area contributed by atoms with Crippen molar-refractivity contribution in [1.82, 2.24) is 0 Å². The fourth-order valence-corrected chi connectivity index (χ4v) is 4.20. The van der Waals surface area contributed by atoms with Crippen LogP contribution in [0, 0.1) is 0 Å². The lowest BCUT2D eigenvalue weighted by Gasteiger charge is -2.13. The van der Waals surface area contributed by atoms with Gasteiger partial charge in [0.1, 0.15) is 0 Å². The first kappa shape index (κ1) is 15.7. The average molecular weight is 349 g/mol. The standard InChI is InChI=1S/C20H16N2O2S/c1-21-17-8-4-5-9-18(17)25-19(21)12-14-10-11-22(13-20(23)24)16-7-3-2-6-15(14)16/h2-12H,13H2,1H3/p+1. The van der Waals surface area contributed by atoms with Gasteiger partial charge in [0.15, 0.2) is 6.20 Å². The first-order valence-corrected chi connectivity index (χ1v) is 8.80. The van der Waals surface area contributed by atoms with E-state index in [2.05, 4.69) is 36.2 Å². The van der Waals surface area contributed by atoms with Gasteiger partial charge in [0.25, 0.3) is 0 Å². The molecule has 1 aromatic heterocycles. The molecule has 0 saturated heterocycles. The van der Waals surface area contributed by atoms with Gasteiger partial charge in [0, 0.05) is 24.1 Å². The van der Waals surface area contributed by atoms with Crippen molar-refractivity contribution in [3.8, 4) is 0 Å². The highest BCUT2D eigenvalue weighted by molar-refractivity contribution is 8.03. The minimum absolute atomic E-state index is 0.0442.